The summed E-state index contributed by atoms with van der Waals surface area (Å²) in [6.45, 7) is 1.71. The molecule has 5 rings (SSSR count). The molecule has 1 amide bonds. The number of hydrogen-bond acceptors (Lipinski definition) is 7. The van der Waals surface area contributed by atoms with Crippen molar-refractivity contribution < 1.29 is 27.1 Å². The molecule has 13 heteroatoms. The highest BCUT2D eigenvalue weighted by Gasteiger charge is 2.34. The fourth-order valence-corrected chi connectivity index (χ4v) is 4.53. The van der Waals surface area contributed by atoms with E-state index >= 15 is 0 Å². The first kappa shape index (κ1) is 25.4. The molecule has 9 nitrogen and oxygen atoms in total. The average molecular weight is 529 g/mol. The summed E-state index contributed by atoms with van der Waals surface area (Å²) < 4.78 is 59.8. The van der Waals surface area contributed by atoms with Crippen LogP contribution in [-0.2, 0) is 6.18 Å². The van der Waals surface area contributed by atoms with E-state index in [1.54, 1.807) is 18.2 Å². The zero-order chi connectivity index (χ0) is 27.0. The van der Waals surface area contributed by atoms with Gasteiger partial charge >= 0.3 is 6.18 Å². The molecule has 2 aromatic carbocycles. The van der Waals surface area contributed by atoms with Crippen molar-refractivity contribution in [2.45, 2.75) is 25.1 Å². The number of methoxy groups -OCH3 is 1. The molecular formula is C25H23F4N7O2. The second-order valence-electron chi connectivity index (χ2n) is 8.79. The highest BCUT2D eigenvalue weighted by atomic mass is 19.4. The molecule has 0 bridgehead atoms. The minimum absolute atomic E-state index is 0.131. The quantitative estimate of drug-likeness (QED) is 0.328. The molecule has 0 spiro atoms. The maximum Gasteiger partial charge on any atom is 0.419 e. The van der Waals surface area contributed by atoms with Crippen LogP contribution in [-0.4, -0.2) is 45.9 Å². The number of nitrogens with zero attached hydrogens (tertiary/aromatic N) is 4. The molecule has 0 atom stereocenters. The van der Waals surface area contributed by atoms with Crippen LogP contribution in [0.3, 0.4) is 0 Å². The van der Waals surface area contributed by atoms with E-state index in [2.05, 4.69) is 20.6 Å². The maximum absolute atomic E-state index is 14.0. The summed E-state index contributed by atoms with van der Waals surface area (Å²) in [5, 5.41) is 11.3. The third-order valence-electron chi connectivity index (χ3n) is 6.43. The number of nitrogens with one attached hydrogen (secondary N) is 2. The minimum Gasteiger partial charge on any atom is -0.495 e. The molecule has 38 heavy (non-hydrogen) atoms. The van der Waals surface area contributed by atoms with E-state index in [0.29, 0.717) is 34.4 Å². The Kier molecular flexibility index (Phi) is 6.61. The third-order valence-corrected chi connectivity index (χ3v) is 6.43. The van der Waals surface area contributed by atoms with Crippen LogP contribution in [0, 0.1) is 5.82 Å². The Labute approximate surface area is 214 Å². The molecular weight excluding hydrogens is 506 g/mol. The number of anilines is 2. The zero-order valence-corrected chi connectivity index (χ0v) is 20.1. The summed E-state index contributed by atoms with van der Waals surface area (Å²) in [7, 11) is 1.40. The third kappa shape index (κ3) is 4.72. The lowest BCUT2D eigenvalue weighted by molar-refractivity contribution is -0.140. The van der Waals surface area contributed by atoms with Gasteiger partial charge in [0.15, 0.2) is 5.65 Å². The highest BCUT2D eigenvalue weighted by Crippen LogP contribution is 2.37. The number of halogens is 4. The Hall–Kier alpha value is -4.26. The lowest BCUT2D eigenvalue weighted by Crippen LogP contribution is -2.30. The van der Waals surface area contributed by atoms with Gasteiger partial charge in [0.1, 0.15) is 29.4 Å². The van der Waals surface area contributed by atoms with Gasteiger partial charge in [-0.1, -0.05) is 6.07 Å². The molecule has 1 saturated heterocycles. The second-order valence-corrected chi connectivity index (χ2v) is 8.79. The van der Waals surface area contributed by atoms with Gasteiger partial charge < -0.3 is 21.1 Å². The molecule has 4 N–H and O–H groups in total. The van der Waals surface area contributed by atoms with Crippen molar-refractivity contribution in [3.05, 3.63) is 59.7 Å². The van der Waals surface area contributed by atoms with E-state index in [-0.39, 0.29) is 28.9 Å². The first-order chi connectivity index (χ1) is 18.2. The molecule has 0 unspecified atom stereocenters. The topological polar surface area (TPSA) is 120 Å². The van der Waals surface area contributed by atoms with Crippen LogP contribution in [0.5, 0.6) is 5.75 Å². The number of amides is 1. The number of nitrogen functional groups attached to an aromatic ring is 1. The number of piperidine rings is 1. The lowest BCUT2D eigenvalue weighted by atomic mass is 10.1. The van der Waals surface area contributed by atoms with E-state index < -0.39 is 23.5 Å². The van der Waals surface area contributed by atoms with Gasteiger partial charge in [0.2, 0.25) is 0 Å². The Balaban J connectivity index is 1.48. The molecule has 3 heterocycles. The second kappa shape index (κ2) is 9.89. The van der Waals surface area contributed by atoms with Crippen molar-refractivity contribution in [3.63, 3.8) is 0 Å². The number of carbonyl (C=O) groups excluding carboxylic acids is 1. The van der Waals surface area contributed by atoms with Gasteiger partial charge in [0.05, 0.1) is 29.8 Å². The van der Waals surface area contributed by atoms with Crippen molar-refractivity contribution in [2.75, 3.05) is 31.2 Å². The number of ether oxygens (including phenoxy) is 1. The number of hydrogen-bond donors (Lipinski definition) is 3. The predicted molar refractivity (Wildman–Crippen MR) is 132 cm³/mol. The van der Waals surface area contributed by atoms with Gasteiger partial charge in [-0.3, -0.25) is 4.79 Å². The van der Waals surface area contributed by atoms with Crippen LogP contribution in [0.1, 0.15) is 34.8 Å². The number of carbonyl (C=O) groups is 1. The van der Waals surface area contributed by atoms with Crippen molar-refractivity contribution >= 4 is 28.4 Å². The molecule has 4 aromatic rings. The Morgan fingerprint density at radius 3 is 2.61 bits per heavy atom. The van der Waals surface area contributed by atoms with Crippen LogP contribution in [0.15, 0.2) is 42.7 Å². The molecule has 2 aromatic heterocycles. The van der Waals surface area contributed by atoms with Crippen molar-refractivity contribution in [2.24, 2.45) is 0 Å². The number of aromatic nitrogens is 4. The largest absolute Gasteiger partial charge is 0.495 e. The van der Waals surface area contributed by atoms with Gasteiger partial charge in [-0.05, 0) is 56.3 Å². The molecule has 0 aliphatic carbocycles. The predicted octanol–water partition coefficient (Wildman–Crippen LogP) is 4.42. The van der Waals surface area contributed by atoms with Crippen LogP contribution in [0.4, 0.5) is 29.1 Å². The summed E-state index contributed by atoms with van der Waals surface area (Å²) >= 11 is 0. The van der Waals surface area contributed by atoms with Crippen molar-refractivity contribution in [1.29, 1.82) is 0 Å². The lowest BCUT2D eigenvalue weighted by Gasteiger charge is -2.23. The van der Waals surface area contributed by atoms with Crippen molar-refractivity contribution in [1.82, 2.24) is 25.1 Å². The Morgan fingerprint density at radius 1 is 1.16 bits per heavy atom. The van der Waals surface area contributed by atoms with E-state index in [1.165, 1.54) is 13.4 Å². The number of fused-ring (bicyclic) bond motifs is 1. The van der Waals surface area contributed by atoms with Gasteiger partial charge in [-0.2, -0.15) is 18.3 Å². The Bertz CT molecular complexity index is 1510. The first-order valence-corrected chi connectivity index (χ1v) is 11.7. The summed E-state index contributed by atoms with van der Waals surface area (Å²) in [6, 6.07) is 7.00. The van der Waals surface area contributed by atoms with E-state index in [1.807, 2.05) is 4.68 Å². The van der Waals surface area contributed by atoms with Crippen LogP contribution in [0.25, 0.3) is 22.3 Å². The van der Waals surface area contributed by atoms with Gasteiger partial charge in [0, 0.05) is 11.1 Å². The fraction of sp³-hybridized carbons (Fsp3) is 0.280. The summed E-state index contributed by atoms with van der Waals surface area (Å²) in [4.78, 5) is 21.2. The summed E-state index contributed by atoms with van der Waals surface area (Å²) in [5.74, 6) is -1.82. The molecule has 198 valence electrons. The maximum atomic E-state index is 14.0. The first-order valence-electron chi connectivity index (χ1n) is 11.7. The zero-order valence-electron chi connectivity index (χ0n) is 20.1. The van der Waals surface area contributed by atoms with Crippen LogP contribution in [0.2, 0.25) is 0 Å². The fourth-order valence-electron chi connectivity index (χ4n) is 4.53. The molecule has 0 radical (unpaired) electrons. The molecule has 1 aliphatic rings. The monoisotopic (exact) mass is 529 g/mol. The standard InChI is InChI=1S/C25H23F4N7O2/c1-38-19-11-13(3-5-18(19)34-24(37)14-2-4-16(17(26)10-14)25(27,28)29)21-20-22(30)32-12-33-23(20)36(35-21)15-6-8-31-9-7-15/h2-5,10-12,15,31H,6-9H2,1H3,(H,34,37)(H2,30,32,33). The van der Waals surface area contributed by atoms with E-state index in [9.17, 15) is 22.4 Å². The van der Waals surface area contributed by atoms with Gasteiger partial charge in [-0.15, -0.1) is 0 Å². The molecule has 0 saturated carbocycles. The summed E-state index contributed by atoms with van der Waals surface area (Å²) in [6.07, 6.45) is -1.72. The summed E-state index contributed by atoms with van der Waals surface area (Å²) in [5.41, 5.74) is 6.49. The van der Waals surface area contributed by atoms with Crippen LogP contribution < -0.4 is 21.1 Å². The van der Waals surface area contributed by atoms with E-state index in [4.69, 9.17) is 15.6 Å². The Morgan fingerprint density at radius 2 is 1.92 bits per heavy atom. The van der Waals surface area contributed by atoms with E-state index in [0.717, 1.165) is 32.0 Å². The van der Waals surface area contributed by atoms with Gasteiger partial charge in [0.25, 0.3) is 5.91 Å². The number of rotatable bonds is 5. The van der Waals surface area contributed by atoms with Crippen molar-refractivity contribution in [3.8, 4) is 17.0 Å². The molecule has 1 fully saturated rings. The SMILES string of the molecule is COc1cc(-c2nn(C3CCNCC3)c3ncnc(N)c23)ccc1NC(=O)c1ccc(C(F)(F)F)c(F)c1. The normalized spacial score (nSPS) is 14.6. The highest BCUT2D eigenvalue weighted by molar-refractivity contribution is 6.05. The van der Waals surface area contributed by atoms with Crippen LogP contribution >= 0.6 is 0 Å². The van der Waals surface area contributed by atoms with Gasteiger partial charge in [-0.25, -0.2) is 19.0 Å². The minimum atomic E-state index is -4.86. The average Bonchev–Trinajstić information content (AvgIpc) is 3.29. The number of benzene rings is 2. The molecule has 1 aliphatic heterocycles. The number of nitrogens with two attached hydrogens (primary N) is 1. The number of alkyl halides is 3. The smallest absolute Gasteiger partial charge is 0.419 e.